The Morgan fingerprint density at radius 1 is 1.07 bits per heavy atom. The average Bonchev–Trinajstić information content (AvgIpc) is 3.00. The van der Waals surface area contributed by atoms with Gasteiger partial charge in [-0.2, -0.15) is 0 Å². The molecule has 2 nitrogen and oxygen atoms in total. The number of rotatable bonds is 5. The van der Waals surface area contributed by atoms with Gasteiger partial charge >= 0.3 is 0 Å². The Morgan fingerprint density at radius 2 is 1.83 bits per heavy atom. The highest BCUT2D eigenvalue weighted by Crippen LogP contribution is 2.66. The normalized spacial score (nSPS) is 45.1. The number of fused-ring (bicyclic) bond motifs is 5. The van der Waals surface area contributed by atoms with E-state index in [4.69, 9.17) is 0 Å². The molecule has 1 heterocycles. The van der Waals surface area contributed by atoms with Crippen LogP contribution in [0.15, 0.2) is 11.8 Å². The molecule has 1 N–H and O–H groups in total. The highest BCUT2D eigenvalue weighted by atomic mass is 16.1. The molecular formula is C27H45NO. The second kappa shape index (κ2) is 7.72. The minimum Gasteiger partial charge on any atom is -0.385 e. The molecule has 1 aliphatic heterocycles. The summed E-state index contributed by atoms with van der Waals surface area (Å²) in [4.78, 5) is 12.1. The van der Waals surface area contributed by atoms with Crippen LogP contribution in [0.25, 0.3) is 0 Å². The molecule has 0 aromatic carbocycles. The van der Waals surface area contributed by atoms with Gasteiger partial charge in [-0.3, -0.25) is 4.79 Å². The summed E-state index contributed by atoms with van der Waals surface area (Å²) in [6, 6.07) is 0.504. The fourth-order valence-electron chi connectivity index (χ4n) is 8.51. The predicted octanol–water partition coefficient (Wildman–Crippen LogP) is 6.75. The molecule has 2 heteroatoms. The SMILES string of the molecule is CC(C)CCC[C@@H](C)[C@H]1CCC2C3C(C)NC4=CC(=O)CC[C@]4(C)C3CC[C@@]21C. The Labute approximate surface area is 179 Å². The molecule has 0 radical (unpaired) electrons. The number of carbonyl (C=O) groups excluding carboxylic acids is 1. The summed E-state index contributed by atoms with van der Waals surface area (Å²) in [5, 5.41) is 3.85. The monoisotopic (exact) mass is 399 g/mol. The third kappa shape index (κ3) is 3.51. The molecule has 0 amide bonds. The van der Waals surface area contributed by atoms with Crippen LogP contribution in [0.2, 0.25) is 0 Å². The van der Waals surface area contributed by atoms with Gasteiger partial charge in [-0.15, -0.1) is 0 Å². The third-order valence-corrected chi connectivity index (χ3v) is 10.1. The maximum atomic E-state index is 12.1. The minimum atomic E-state index is 0.202. The number of carbonyl (C=O) groups is 1. The van der Waals surface area contributed by atoms with Crippen LogP contribution >= 0.6 is 0 Å². The topological polar surface area (TPSA) is 29.1 Å². The lowest BCUT2D eigenvalue weighted by molar-refractivity contribution is -0.118. The Bertz CT molecular complexity index is 665. The molecule has 29 heavy (non-hydrogen) atoms. The zero-order valence-corrected chi connectivity index (χ0v) is 19.9. The molecule has 4 aliphatic rings. The van der Waals surface area contributed by atoms with Crippen LogP contribution in [-0.4, -0.2) is 11.8 Å². The summed E-state index contributed by atoms with van der Waals surface area (Å²) in [5.41, 5.74) is 1.99. The molecule has 0 bridgehead atoms. The molecular weight excluding hydrogens is 354 g/mol. The molecule has 1 saturated heterocycles. The Kier molecular flexibility index (Phi) is 5.71. The van der Waals surface area contributed by atoms with Gasteiger partial charge in [0.2, 0.25) is 0 Å². The van der Waals surface area contributed by atoms with Crippen LogP contribution in [-0.2, 0) is 4.79 Å². The molecule has 0 aromatic rings. The van der Waals surface area contributed by atoms with Crippen LogP contribution in [0.1, 0.15) is 99.3 Å². The van der Waals surface area contributed by atoms with E-state index in [9.17, 15) is 4.79 Å². The van der Waals surface area contributed by atoms with Gasteiger partial charge in [0.05, 0.1) is 0 Å². The summed E-state index contributed by atoms with van der Waals surface area (Å²) < 4.78 is 0. The van der Waals surface area contributed by atoms with Crippen molar-refractivity contribution in [1.82, 2.24) is 5.32 Å². The van der Waals surface area contributed by atoms with Crippen molar-refractivity contribution in [2.45, 2.75) is 105 Å². The van der Waals surface area contributed by atoms with Crippen LogP contribution in [0.3, 0.4) is 0 Å². The lowest BCUT2D eigenvalue weighted by atomic mass is 9.48. The summed E-state index contributed by atoms with van der Waals surface area (Å²) in [6.45, 7) is 14.8. The standard InChI is InChI=1S/C27H45NO/c1-17(2)8-7-9-18(3)21-10-11-22-25-19(4)28-24-16-20(29)12-14-27(24,6)23(25)13-15-26(21,22)5/h16-19,21-23,25,28H,7-15H2,1-6H3/t18-,19?,21-,22?,23?,25?,26-,27-/m1/s1. The first-order chi connectivity index (χ1) is 13.7. The van der Waals surface area contributed by atoms with Crippen molar-refractivity contribution in [3.05, 3.63) is 11.8 Å². The number of hydrogen-bond acceptors (Lipinski definition) is 2. The van der Waals surface area contributed by atoms with Gasteiger partial charge in [0.1, 0.15) is 0 Å². The minimum absolute atomic E-state index is 0.202. The van der Waals surface area contributed by atoms with E-state index >= 15 is 0 Å². The van der Waals surface area contributed by atoms with Gasteiger partial charge < -0.3 is 5.32 Å². The average molecular weight is 400 g/mol. The van der Waals surface area contributed by atoms with E-state index in [0.29, 0.717) is 17.2 Å². The molecule has 164 valence electrons. The molecule has 3 aliphatic carbocycles. The quantitative estimate of drug-likeness (QED) is 0.554. The highest BCUT2D eigenvalue weighted by molar-refractivity contribution is 5.91. The Morgan fingerprint density at radius 3 is 2.55 bits per heavy atom. The van der Waals surface area contributed by atoms with E-state index in [-0.39, 0.29) is 5.41 Å². The van der Waals surface area contributed by atoms with E-state index in [1.165, 1.54) is 50.6 Å². The van der Waals surface area contributed by atoms with Crippen molar-refractivity contribution < 1.29 is 4.79 Å². The lowest BCUT2D eigenvalue weighted by Crippen LogP contribution is -2.60. The molecule has 4 unspecified atom stereocenters. The fourth-order valence-corrected chi connectivity index (χ4v) is 8.51. The third-order valence-electron chi connectivity index (χ3n) is 10.1. The number of ketones is 1. The van der Waals surface area contributed by atoms with Gasteiger partial charge in [-0.1, -0.05) is 53.9 Å². The second-order valence-electron chi connectivity index (χ2n) is 12.2. The van der Waals surface area contributed by atoms with Gasteiger partial charge in [-0.05, 0) is 80.0 Å². The lowest BCUT2D eigenvalue weighted by Gasteiger charge is -2.60. The highest BCUT2D eigenvalue weighted by Gasteiger charge is 2.61. The van der Waals surface area contributed by atoms with E-state index in [1.54, 1.807) is 0 Å². The van der Waals surface area contributed by atoms with E-state index in [2.05, 4.69) is 46.9 Å². The van der Waals surface area contributed by atoms with E-state index in [1.807, 2.05) is 6.08 Å². The molecule has 3 fully saturated rings. The van der Waals surface area contributed by atoms with Crippen molar-refractivity contribution in [2.24, 2.45) is 46.3 Å². The van der Waals surface area contributed by atoms with Crippen LogP contribution in [0, 0.1) is 46.3 Å². The maximum absolute atomic E-state index is 12.1. The second-order valence-corrected chi connectivity index (χ2v) is 12.2. The summed E-state index contributed by atoms with van der Waals surface area (Å²) in [5.74, 6) is 5.33. The van der Waals surface area contributed by atoms with Gasteiger partial charge in [0.25, 0.3) is 0 Å². The largest absolute Gasteiger partial charge is 0.385 e. The Balaban J connectivity index is 1.54. The zero-order chi connectivity index (χ0) is 21.0. The van der Waals surface area contributed by atoms with Crippen molar-refractivity contribution in [3.63, 3.8) is 0 Å². The van der Waals surface area contributed by atoms with Crippen molar-refractivity contribution in [1.29, 1.82) is 0 Å². The van der Waals surface area contributed by atoms with Gasteiger partial charge in [0.15, 0.2) is 5.78 Å². The van der Waals surface area contributed by atoms with Crippen molar-refractivity contribution in [2.75, 3.05) is 0 Å². The molecule has 0 spiro atoms. The van der Waals surface area contributed by atoms with Crippen LogP contribution in [0.5, 0.6) is 0 Å². The van der Waals surface area contributed by atoms with Crippen LogP contribution in [0.4, 0.5) is 0 Å². The summed E-state index contributed by atoms with van der Waals surface area (Å²) in [6.07, 6.45) is 13.6. The Hall–Kier alpha value is -0.790. The number of allylic oxidation sites excluding steroid dienone is 2. The first-order valence-electron chi connectivity index (χ1n) is 12.7. The first-order valence-corrected chi connectivity index (χ1v) is 12.7. The number of hydrogen-bond donors (Lipinski definition) is 1. The summed E-state index contributed by atoms with van der Waals surface area (Å²) in [7, 11) is 0. The van der Waals surface area contributed by atoms with Crippen LogP contribution < -0.4 is 5.32 Å². The predicted molar refractivity (Wildman–Crippen MR) is 121 cm³/mol. The van der Waals surface area contributed by atoms with Crippen molar-refractivity contribution >= 4 is 5.78 Å². The maximum Gasteiger partial charge on any atom is 0.157 e. The van der Waals surface area contributed by atoms with Crippen molar-refractivity contribution in [3.8, 4) is 0 Å². The molecule has 4 rings (SSSR count). The number of piperidine rings is 1. The zero-order valence-electron chi connectivity index (χ0n) is 19.9. The smallest absolute Gasteiger partial charge is 0.157 e. The molecule has 0 aromatic heterocycles. The van der Waals surface area contributed by atoms with E-state index in [0.717, 1.165) is 48.3 Å². The first kappa shape index (κ1) is 21.4. The molecule has 8 atom stereocenters. The summed E-state index contributed by atoms with van der Waals surface area (Å²) >= 11 is 0. The number of nitrogens with one attached hydrogen (secondary N) is 1. The molecule has 2 saturated carbocycles. The fraction of sp³-hybridized carbons (Fsp3) is 0.889. The van der Waals surface area contributed by atoms with E-state index < -0.39 is 0 Å². The van der Waals surface area contributed by atoms with Gasteiger partial charge in [0, 0.05) is 29.7 Å². The van der Waals surface area contributed by atoms with Gasteiger partial charge in [-0.25, -0.2) is 0 Å².